The van der Waals surface area contributed by atoms with Crippen molar-refractivity contribution in [2.45, 2.75) is 26.3 Å². The molecule has 1 aliphatic heterocycles. The topological polar surface area (TPSA) is 41.1 Å². The molecule has 1 saturated heterocycles. The Hall–Kier alpha value is -1.68. The van der Waals surface area contributed by atoms with Gasteiger partial charge in [-0.1, -0.05) is 32.4 Å². The number of rotatable bonds is 3. The van der Waals surface area contributed by atoms with Crippen molar-refractivity contribution in [1.29, 1.82) is 0 Å². The highest BCUT2D eigenvalue weighted by Crippen LogP contribution is 2.19. The normalized spacial score (nSPS) is 21.1. The van der Waals surface area contributed by atoms with Crippen molar-refractivity contribution in [2.24, 2.45) is 5.92 Å². The summed E-state index contributed by atoms with van der Waals surface area (Å²) in [7, 11) is 0. The molecule has 3 rings (SSSR count). The Bertz CT molecular complexity index is 583. The zero-order chi connectivity index (χ0) is 13.9. The Labute approximate surface area is 120 Å². The average Bonchev–Trinajstić information content (AvgIpc) is 2.53. The molecule has 1 N–H and O–H groups in total. The van der Waals surface area contributed by atoms with Crippen LogP contribution in [-0.2, 0) is 0 Å². The Morgan fingerprint density at radius 1 is 1.35 bits per heavy atom. The van der Waals surface area contributed by atoms with Gasteiger partial charge in [-0.15, -0.1) is 0 Å². The van der Waals surface area contributed by atoms with Gasteiger partial charge in [0, 0.05) is 25.7 Å². The summed E-state index contributed by atoms with van der Waals surface area (Å²) in [4.78, 5) is 11.6. The molecule has 0 unspecified atom stereocenters. The highest BCUT2D eigenvalue weighted by Gasteiger charge is 2.24. The number of nitrogens with one attached hydrogen (secondary N) is 1. The maximum atomic E-state index is 4.75. The number of aromatic nitrogens is 2. The van der Waals surface area contributed by atoms with Crippen LogP contribution in [-0.4, -0.2) is 35.6 Å². The zero-order valence-corrected chi connectivity index (χ0v) is 12.2. The van der Waals surface area contributed by atoms with Gasteiger partial charge in [-0.05, 0) is 18.1 Å². The van der Waals surface area contributed by atoms with Crippen molar-refractivity contribution in [3.63, 3.8) is 0 Å². The molecule has 0 aliphatic carbocycles. The third-order valence-corrected chi connectivity index (χ3v) is 4.30. The van der Waals surface area contributed by atoms with E-state index in [1.807, 2.05) is 30.5 Å². The molecular weight excluding hydrogens is 248 g/mol. The minimum atomic E-state index is 0.544. The fourth-order valence-corrected chi connectivity index (χ4v) is 2.75. The van der Waals surface area contributed by atoms with Gasteiger partial charge in [0.1, 0.15) is 5.82 Å². The smallest absolute Gasteiger partial charge is 0.147 e. The van der Waals surface area contributed by atoms with Gasteiger partial charge in [-0.25, -0.2) is 4.98 Å². The molecule has 106 valence electrons. The second kappa shape index (κ2) is 5.75. The fraction of sp³-hybridized carbons (Fsp3) is 0.500. The molecule has 0 radical (unpaired) electrons. The van der Waals surface area contributed by atoms with Crippen molar-refractivity contribution in [3.8, 4) is 0 Å². The van der Waals surface area contributed by atoms with Crippen LogP contribution in [0.3, 0.4) is 0 Å². The first-order valence-electron chi connectivity index (χ1n) is 7.48. The van der Waals surface area contributed by atoms with E-state index in [2.05, 4.69) is 29.0 Å². The third kappa shape index (κ3) is 2.61. The zero-order valence-electron chi connectivity index (χ0n) is 12.2. The van der Waals surface area contributed by atoms with Crippen LogP contribution in [0.15, 0.2) is 30.5 Å². The number of piperazine rings is 1. The van der Waals surface area contributed by atoms with Crippen molar-refractivity contribution < 1.29 is 0 Å². The lowest BCUT2D eigenvalue weighted by atomic mass is 9.97. The molecule has 1 aromatic heterocycles. The lowest BCUT2D eigenvalue weighted by molar-refractivity contribution is 0.341. The quantitative estimate of drug-likeness (QED) is 0.930. The Kier molecular flexibility index (Phi) is 3.83. The monoisotopic (exact) mass is 270 g/mol. The standard InChI is InChI=1S/C16H22N4/c1-3-12(2)15-11-20(9-8-17-15)16-10-18-13-6-4-5-7-14(13)19-16/h4-7,10,12,15,17H,3,8-9,11H2,1-2H3/t12-,15-/m0/s1. The molecule has 4 heteroatoms. The highest BCUT2D eigenvalue weighted by atomic mass is 15.2. The van der Waals surface area contributed by atoms with E-state index in [0.29, 0.717) is 12.0 Å². The lowest BCUT2D eigenvalue weighted by Crippen LogP contribution is -2.53. The van der Waals surface area contributed by atoms with Crippen LogP contribution < -0.4 is 10.2 Å². The summed E-state index contributed by atoms with van der Waals surface area (Å²) in [5.74, 6) is 1.68. The van der Waals surface area contributed by atoms with E-state index < -0.39 is 0 Å². The molecule has 0 saturated carbocycles. The molecule has 1 fully saturated rings. The molecule has 0 spiro atoms. The molecule has 0 amide bonds. The van der Waals surface area contributed by atoms with Gasteiger partial charge in [0.2, 0.25) is 0 Å². The van der Waals surface area contributed by atoms with Crippen LogP contribution in [0, 0.1) is 5.92 Å². The molecule has 1 aromatic carbocycles. The van der Waals surface area contributed by atoms with E-state index in [0.717, 1.165) is 36.5 Å². The van der Waals surface area contributed by atoms with Crippen molar-refractivity contribution >= 4 is 16.9 Å². The van der Waals surface area contributed by atoms with Gasteiger partial charge in [0.05, 0.1) is 17.2 Å². The first-order valence-corrected chi connectivity index (χ1v) is 7.48. The number of benzene rings is 1. The van der Waals surface area contributed by atoms with Gasteiger partial charge in [-0.2, -0.15) is 0 Å². The summed E-state index contributed by atoms with van der Waals surface area (Å²) in [6, 6.07) is 8.59. The second-order valence-corrected chi connectivity index (χ2v) is 5.61. The van der Waals surface area contributed by atoms with Crippen molar-refractivity contribution in [3.05, 3.63) is 30.5 Å². The molecule has 20 heavy (non-hydrogen) atoms. The number of fused-ring (bicyclic) bond motifs is 1. The first kappa shape index (κ1) is 13.3. The first-order chi connectivity index (χ1) is 9.78. The number of hydrogen-bond donors (Lipinski definition) is 1. The van der Waals surface area contributed by atoms with E-state index in [1.54, 1.807) is 0 Å². The largest absolute Gasteiger partial charge is 0.352 e. The molecule has 4 nitrogen and oxygen atoms in total. The number of hydrogen-bond acceptors (Lipinski definition) is 4. The average molecular weight is 270 g/mol. The predicted octanol–water partition coefficient (Wildman–Crippen LogP) is 2.45. The second-order valence-electron chi connectivity index (χ2n) is 5.61. The fourth-order valence-electron chi connectivity index (χ4n) is 2.75. The van der Waals surface area contributed by atoms with Crippen LogP contribution in [0.5, 0.6) is 0 Å². The minimum absolute atomic E-state index is 0.544. The molecule has 1 aliphatic rings. The SMILES string of the molecule is CC[C@H](C)[C@@H]1CN(c2cnc3ccccc3n2)CCN1. The summed E-state index contributed by atoms with van der Waals surface area (Å²) >= 11 is 0. The number of anilines is 1. The van der Waals surface area contributed by atoms with Crippen molar-refractivity contribution in [1.82, 2.24) is 15.3 Å². The summed E-state index contributed by atoms with van der Waals surface area (Å²) < 4.78 is 0. The van der Waals surface area contributed by atoms with Crippen LogP contribution in [0.2, 0.25) is 0 Å². The summed E-state index contributed by atoms with van der Waals surface area (Å²) in [6.45, 7) is 7.60. The number of nitrogens with zero attached hydrogens (tertiary/aromatic N) is 3. The van der Waals surface area contributed by atoms with Gasteiger partial charge in [0.25, 0.3) is 0 Å². The van der Waals surface area contributed by atoms with Crippen molar-refractivity contribution in [2.75, 3.05) is 24.5 Å². The van der Waals surface area contributed by atoms with E-state index in [-0.39, 0.29) is 0 Å². The lowest BCUT2D eigenvalue weighted by Gasteiger charge is -2.37. The third-order valence-electron chi connectivity index (χ3n) is 4.30. The van der Waals surface area contributed by atoms with Gasteiger partial charge >= 0.3 is 0 Å². The van der Waals surface area contributed by atoms with E-state index >= 15 is 0 Å². The van der Waals surface area contributed by atoms with Crippen LogP contribution in [0.4, 0.5) is 5.82 Å². The van der Waals surface area contributed by atoms with Gasteiger partial charge < -0.3 is 10.2 Å². The molecular formula is C16H22N4. The van der Waals surface area contributed by atoms with E-state index in [4.69, 9.17) is 4.98 Å². The maximum Gasteiger partial charge on any atom is 0.147 e. The summed E-state index contributed by atoms with van der Waals surface area (Å²) in [5.41, 5.74) is 1.94. The molecule has 2 aromatic rings. The van der Waals surface area contributed by atoms with Gasteiger partial charge in [0.15, 0.2) is 0 Å². The minimum Gasteiger partial charge on any atom is -0.352 e. The number of para-hydroxylation sites is 2. The Morgan fingerprint density at radius 2 is 2.15 bits per heavy atom. The van der Waals surface area contributed by atoms with E-state index in [1.165, 1.54) is 6.42 Å². The van der Waals surface area contributed by atoms with Crippen LogP contribution in [0.1, 0.15) is 20.3 Å². The Morgan fingerprint density at radius 3 is 2.95 bits per heavy atom. The Balaban J connectivity index is 1.83. The summed E-state index contributed by atoms with van der Waals surface area (Å²) in [5, 5.41) is 3.62. The van der Waals surface area contributed by atoms with Gasteiger partial charge in [-0.3, -0.25) is 4.98 Å². The predicted molar refractivity (Wildman–Crippen MR) is 83.0 cm³/mol. The maximum absolute atomic E-state index is 4.75. The highest BCUT2D eigenvalue weighted by molar-refractivity contribution is 5.75. The summed E-state index contributed by atoms with van der Waals surface area (Å²) in [6.07, 6.45) is 3.11. The molecule has 2 atom stereocenters. The van der Waals surface area contributed by atoms with E-state index in [9.17, 15) is 0 Å². The van der Waals surface area contributed by atoms with Crippen LogP contribution in [0.25, 0.3) is 11.0 Å². The molecule has 0 bridgehead atoms. The van der Waals surface area contributed by atoms with Crippen LogP contribution >= 0.6 is 0 Å². The molecule has 2 heterocycles.